The van der Waals surface area contributed by atoms with Crippen LogP contribution < -0.4 is 5.32 Å². The third-order valence-electron chi connectivity index (χ3n) is 2.12. The van der Waals surface area contributed by atoms with Crippen molar-refractivity contribution in [2.75, 3.05) is 0 Å². The Hall–Kier alpha value is -1.13. The summed E-state index contributed by atoms with van der Waals surface area (Å²) in [6.45, 7) is 3.92. The van der Waals surface area contributed by atoms with Crippen molar-refractivity contribution >= 4 is 11.3 Å². The Balaban J connectivity index is 1.81. The number of rotatable bonds is 4. The molecule has 0 bridgehead atoms. The third kappa shape index (κ3) is 2.21. The van der Waals surface area contributed by atoms with Crippen LogP contribution in [0.3, 0.4) is 0 Å². The molecule has 2 rings (SSSR count). The van der Waals surface area contributed by atoms with E-state index in [1.807, 2.05) is 6.20 Å². The number of nitrogens with one attached hydrogen (secondary N) is 2. The SMILES string of the molecule is Cc1ccsc1CNCc1cnc[nH]1. The van der Waals surface area contributed by atoms with Crippen LogP contribution in [0.5, 0.6) is 0 Å². The van der Waals surface area contributed by atoms with E-state index in [4.69, 9.17) is 0 Å². The standard InChI is InChI=1S/C10H13N3S/c1-8-2-3-14-10(8)6-11-4-9-5-12-7-13-9/h2-3,5,7,11H,4,6H2,1H3,(H,12,13). The molecule has 0 unspecified atom stereocenters. The van der Waals surface area contributed by atoms with E-state index in [1.54, 1.807) is 17.7 Å². The predicted octanol–water partition coefficient (Wildman–Crippen LogP) is 2.07. The van der Waals surface area contributed by atoms with Gasteiger partial charge in [-0.15, -0.1) is 11.3 Å². The zero-order valence-corrected chi connectivity index (χ0v) is 8.90. The van der Waals surface area contributed by atoms with Gasteiger partial charge >= 0.3 is 0 Å². The molecule has 0 spiro atoms. The highest BCUT2D eigenvalue weighted by Gasteiger charge is 1.99. The summed E-state index contributed by atoms with van der Waals surface area (Å²) in [7, 11) is 0. The van der Waals surface area contributed by atoms with Crippen molar-refractivity contribution in [2.45, 2.75) is 20.0 Å². The first-order valence-corrected chi connectivity index (χ1v) is 5.45. The number of aromatic amines is 1. The smallest absolute Gasteiger partial charge is 0.0922 e. The summed E-state index contributed by atoms with van der Waals surface area (Å²) >= 11 is 1.80. The molecule has 2 heterocycles. The van der Waals surface area contributed by atoms with E-state index in [1.165, 1.54) is 10.4 Å². The molecule has 74 valence electrons. The predicted molar refractivity (Wildman–Crippen MR) is 58.2 cm³/mol. The maximum Gasteiger partial charge on any atom is 0.0922 e. The second-order valence-corrected chi connectivity index (χ2v) is 4.21. The first kappa shape index (κ1) is 9.43. The molecule has 0 aliphatic carbocycles. The Morgan fingerprint density at radius 2 is 2.43 bits per heavy atom. The van der Waals surface area contributed by atoms with Gasteiger partial charge < -0.3 is 10.3 Å². The van der Waals surface area contributed by atoms with Gasteiger partial charge in [0.1, 0.15) is 0 Å². The molecule has 2 aromatic rings. The molecule has 0 saturated carbocycles. The summed E-state index contributed by atoms with van der Waals surface area (Å²) in [5, 5.41) is 5.50. The summed E-state index contributed by atoms with van der Waals surface area (Å²) in [5.74, 6) is 0. The van der Waals surface area contributed by atoms with E-state index in [-0.39, 0.29) is 0 Å². The van der Waals surface area contributed by atoms with E-state index < -0.39 is 0 Å². The Bertz CT molecular complexity index is 378. The first-order chi connectivity index (χ1) is 6.86. The van der Waals surface area contributed by atoms with Gasteiger partial charge in [-0.3, -0.25) is 0 Å². The van der Waals surface area contributed by atoms with Gasteiger partial charge in [0.15, 0.2) is 0 Å². The monoisotopic (exact) mass is 207 g/mol. The summed E-state index contributed by atoms with van der Waals surface area (Å²) in [6.07, 6.45) is 3.54. The number of aromatic nitrogens is 2. The average molecular weight is 207 g/mol. The van der Waals surface area contributed by atoms with Crippen LogP contribution in [0, 0.1) is 6.92 Å². The number of nitrogens with zero attached hydrogens (tertiary/aromatic N) is 1. The molecule has 0 atom stereocenters. The van der Waals surface area contributed by atoms with Gasteiger partial charge in [-0.25, -0.2) is 4.98 Å². The molecular weight excluding hydrogens is 194 g/mol. The van der Waals surface area contributed by atoms with Gasteiger partial charge in [0, 0.05) is 29.9 Å². The molecule has 0 radical (unpaired) electrons. The molecule has 0 aliphatic heterocycles. The Morgan fingerprint density at radius 1 is 1.50 bits per heavy atom. The Labute approximate surface area is 87.2 Å². The molecule has 0 amide bonds. The van der Waals surface area contributed by atoms with Crippen LogP contribution in [0.15, 0.2) is 24.0 Å². The Kier molecular flexibility index (Phi) is 2.96. The lowest BCUT2D eigenvalue weighted by atomic mass is 10.3. The van der Waals surface area contributed by atoms with Crippen molar-refractivity contribution in [3.63, 3.8) is 0 Å². The van der Waals surface area contributed by atoms with Crippen LogP contribution in [-0.4, -0.2) is 9.97 Å². The number of aryl methyl sites for hydroxylation is 1. The molecule has 4 heteroatoms. The van der Waals surface area contributed by atoms with Gasteiger partial charge in [-0.2, -0.15) is 0 Å². The number of imidazole rings is 1. The van der Waals surface area contributed by atoms with Gasteiger partial charge in [0.2, 0.25) is 0 Å². The van der Waals surface area contributed by atoms with Crippen molar-refractivity contribution in [1.29, 1.82) is 0 Å². The van der Waals surface area contributed by atoms with Crippen molar-refractivity contribution in [1.82, 2.24) is 15.3 Å². The van der Waals surface area contributed by atoms with Gasteiger partial charge in [-0.05, 0) is 23.9 Å². The van der Waals surface area contributed by atoms with Crippen molar-refractivity contribution in [2.24, 2.45) is 0 Å². The number of thiophene rings is 1. The van der Waals surface area contributed by atoms with Gasteiger partial charge in [0.05, 0.1) is 6.33 Å². The molecule has 0 aliphatic rings. The quantitative estimate of drug-likeness (QED) is 0.805. The molecule has 2 N–H and O–H groups in total. The zero-order valence-electron chi connectivity index (χ0n) is 8.08. The fourth-order valence-electron chi connectivity index (χ4n) is 1.28. The van der Waals surface area contributed by atoms with Crippen molar-refractivity contribution in [3.8, 4) is 0 Å². The van der Waals surface area contributed by atoms with Crippen LogP contribution in [-0.2, 0) is 13.1 Å². The third-order valence-corrected chi connectivity index (χ3v) is 3.15. The highest BCUT2D eigenvalue weighted by molar-refractivity contribution is 7.10. The molecule has 0 saturated heterocycles. The number of hydrogen-bond acceptors (Lipinski definition) is 3. The molecule has 14 heavy (non-hydrogen) atoms. The molecule has 3 nitrogen and oxygen atoms in total. The summed E-state index contributed by atoms with van der Waals surface area (Å²) in [5.41, 5.74) is 2.49. The first-order valence-electron chi connectivity index (χ1n) is 4.57. The minimum atomic E-state index is 0.845. The van der Waals surface area contributed by atoms with E-state index in [0.29, 0.717) is 0 Å². The minimum Gasteiger partial charge on any atom is -0.347 e. The topological polar surface area (TPSA) is 40.7 Å². The maximum atomic E-state index is 3.96. The van der Waals surface area contributed by atoms with E-state index in [0.717, 1.165) is 18.8 Å². The van der Waals surface area contributed by atoms with Crippen LogP contribution in [0.25, 0.3) is 0 Å². The van der Waals surface area contributed by atoms with E-state index >= 15 is 0 Å². The summed E-state index contributed by atoms with van der Waals surface area (Å²) in [6, 6.07) is 2.15. The average Bonchev–Trinajstić information content (AvgIpc) is 2.78. The highest BCUT2D eigenvalue weighted by Crippen LogP contribution is 2.14. The van der Waals surface area contributed by atoms with Crippen molar-refractivity contribution in [3.05, 3.63) is 40.1 Å². The lowest BCUT2D eigenvalue weighted by Gasteiger charge is -2.01. The summed E-state index contributed by atoms with van der Waals surface area (Å²) < 4.78 is 0. The molecular formula is C10H13N3S. The molecule has 2 aromatic heterocycles. The number of hydrogen-bond donors (Lipinski definition) is 2. The molecule has 0 fully saturated rings. The lowest BCUT2D eigenvalue weighted by Crippen LogP contribution is -2.12. The molecule has 0 aromatic carbocycles. The number of H-pyrrole nitrogens is 1. The van der Waals surface area contributed by atoms with Crippen molar-refractivity contribution < 1.29 is 0 Å². The second kappa shape index (κ2) is 4.39. The van der Waals surface area contributed by atoms with Crippen LogP contribution in [0.4, 0.5) is 0 Å². The zero-order chi connectivity index (χ0) is 9.80. The van der Waals surface area contributed by atoms with Gasteiger partial charge in [0.25, 0.3) is 0 Å². The van der Waals surface area contributed by atoms with Crippen LogP contribution in [0.2, 0.25) is 0 Å². The van der Waals surface area contributed by atoms with Crippen LogP contribution >= 0.6 is 11.3 Å². The Morgan fingerprint density at radius 3 is 3.07 bits per heavy atom. The van der Waals surface area contributed by atoms with E-state index in [9.17, 15) is 0 Å². The maximum absolute atomic E-state index is 3.96. The minimum absolute atomic E-state index is 0.845. The van der Waals surface area contributed by atoms with Gasteiger partial charge in [-0.1, -0.05) is 0 Å². The van der Waals surface area contributed by atoms with E-state index in [2.05, 4.69) is 33.7 Å². The fourth-order valence-corrected chi connectivity index (χ4v) is 2.15. The summed E-state index contributed by atoms with van der Waals surface area (Å²) in [4.78, 5) is 8.43. The second-order valence-electron chi connectivity index (χ2n) is 3.21. The van der Waals surface area contributed by atoms with Crippen LogP contribution in [0.1, 0.15) is 16.1 Å². The largest absolute Gasteiger partial charge is 0.347 e. The fraction of sp³-hybridized carbons (Fsp3) is 0.300. The lowest BCUT2D eigenvalue weighted by molar-refractivity contribution is 0.687. The highest BCUT2D eigenvalue weighted by atomic mass is 32.1. The normalized spacial score (nSPS) is 10.6.